The largest absolute Gasteiger partial charge is 0.364 e. The van der Waals surface area contributed by atoms with Crippen molar-refractivity contribution in [3.63, 3.8) is 0 Å². The van der Waals surface area contributed by atoms with Gasteiger partial charge in [-0.3, -0.25) is 4.79 Å². The minimum absolute atomic E-state index is 0.301. The Bertz CT molecular complexity index is 480. The Morgan fingerprint density at radius 2 is 2.21 bits per heavy atom. The summed E-state index contributed by atoms with van der Waals surface area (Å²) in [7, 11) is 0. The maximum Gasteiger partial charge on any atom is 0.269 e. The molecule has 0 aliphatic heterocycles. The molecule has 2 N–H and O–H groups in total. The highest BCUT2D eigenvalue weighted by Crippen LogP contribution is 2.13. The Labute approximate surface area is 81.1 Å². The maximum absolute atomic E-state index is 10.9. The van der Waals surface area contributed by atoms with E-state index in [1.54, 1.807) is 10.6 Å². The molecule has 0 fully saturated rings. The lowest BCUT2D eigenvalue weighted by Crippen LogP contribution is -2.11. The zero-order chi connectivity index (χ0) is 10.3. The van der Waals surface area contributed by atoms with Crippen LogP contribution in [-0.2, 0) is 0 Å². The van der Waals surface area contributed by atoms with Crippen molar-refractivity contribution < 1.29 is 4.79 Å². The standard InChI is InChI=1S/C9H12N4O/c1-6(2)12-3-4-13-8(12)5-7(11-13)9(10)14/h3-6H,1-2H3,(H2,10,14). The summed E-state index contributed by atoms with van der Waals surface area (Å²) >= 11 is 0. The van der Waals surface area contributed by atoms with E-state index in [0.717, 1.165) is 5.65 Å². The second-order valence-electron chi connectivity index (χ2n) is 3.50. The summed E-state index contributed by atoms with van der Waals surface area (Å²) in [6.45, 7) is 4.13. The monoisotopic (exact) mass is 192 g/mol. The van der Waals surface area contributed by atoms with E-state index < -0.39 is 5.91 Å². The van der Waals surface area contributed by atoms with Gasteiger partial charge < -0.3 is 10.3 Å². The average Bonchev–Trinajstić information content (AvgIpc) is 2.58. The molecule has 0 bridgehead atoms. The summed E-state index contributed by atoms with van der Waals surface area (Å²) in [5.74, 6) is -0.496. The molecule has 0 aliphatic rings. The predicted octanol–water partition coefficient (Wildman–Crippen LogP) is 0.816. The number of primary amides is 1. The number of carbonyl (C=O) groups is 1. The third-order valence-electron chi connectivity index (χ3n) is 2.16. The van der Waals surface area contributed by atoms with E-state index in [1.807, 2.05) is 17.0 Å². The van der Waals surface area contributed by atoms with Crippen LogP contribution in [0.25, 0.3) is 5.65 Å². The van der Waals surface area contributed by atoms with Crippen LogP contribution in [-0.4, -0.2) is 20.1 Å². The van der Waals surface area contributed by atoms with Crippen LogP contribution in [0.1, 0.15) is 30.4 Å². The smallest absolute Gasteiger partial charge is 0.269 e. The van der Waals surface area contributed by atoms with E-state index in [1.165, 1.54) is 0 Å². The minimum Gasteiger partial charge on any atom is -0.364 e. The van der Waals surface area contributed by atoms with Gasteiger partial charge in [0, 0.05) is 24.5 Å². The van der Waals surface area contributed by atoms with E-state index in [9.17, 15) is 4.79 Å². The molecule has 0 saturated heterocycles. The number of rotatable bonds is 2. The predicted molar refractivity (Wildman–Crippen MR) is 52.1 cm³/mol. The molecule has 1 amide bonds. The molecule has 74 valence electrons. The number of fused-ring (bicyclic) bond motifs is 1. The number of carbonyl (C=O) groups excluding carboxylic acids is 1. The van der Waals surface area contributed by atoms with Crippen molar-refractivity contribution in [2.45, 2.75) is 19.9 Å². The van der Waals surface area contributed by atoms with Crippen LogP contribution in [0, 0.1) is 0 Å². The fourth-order valence-electron chi connectivity index (χ4n) is 1.46. The second kappa shape index (κ2) is 2.87. The molecule has 2 heterocycles. The van der Waals surface area contributed by atoms with Gasteiger partial charge in [0.2, 0.25) is 0 Å². The van der Waals surface area contributed by atoms with Gasteiger partial charge >= 0.3 is 0 Å². The van der Waals surface area contributed by atoms with Gasteiger partial charge in [0.1, 0.15) is 5.65 Å². The Kier molecular flexibility index (Phi) is 1.80. The number of hydrogen-bond donors (Lipinski definition) is 1. The third kappa shape index (κ3) is 1.17. The van der Waals surface area contributed by atoms with Crippen LogP contribution in [0.4, 0.5) is 0 Å². The third-order valence-corrected chi connectivity index (χ3v) is 2.16. The number of imidazole rings is 1. The number of amides is 1. The van der Waals surface area contributed by atoms with Crippen molar-refractivity contribution >= 4 is 11.6 Å². The highest BCUT2D eigenvalue weighted by atomic mass is 16.1. The van der Waals surface area contributed by atoms with Gasteiger partial charge in [-0.25, -0.2) is 4.52 Å². The summed E-state index contributed by atoms with van der Waals surface area (Å²) in [6.07, 6.45) is 3.74. The molecule has 0 atom stereocenters. The Morgan fingerprint density at radius 1 is 1.50 bits per heavy atom. The van der Waals surface area contributed by atoms with Crippen LogP contribution in [0.3, 0.4) is 0 Å². The first-order valence-electron chi connectivity index (χ1n) is 4.45. The summed E-state index contributed by atoms with van der Waals surface area (Å²) in [5.41, 5.74) is 6.32. The normalized spacial score (nSPS) is 11.4. The highest BCUT2D eigenvalue weighted by molar-refractivity contribution is 5.91. The van der Waals surface area contributed by atoms with Gasteiger partial charge in [-0.15, -0.1) is 0 Å². The SMILES string of the molecule is CC(C)n1ccn2nc(C(N)=O)cc12. The number of nitrogens with zero attached hydrogens (tertiary/aromatic N) is 3. The van der Waals surface area contributed by atoms with E-state index in [2.05, 4.69) is 18.9 Å². The first kappa shape index (κ1) is 8.80. The molecule has 0 unspecified atom stereocenters. The van der Waals surface area contributed by atoms with Crippen molar-refractivity contribution in [3.05, 3.63) is 24.2 Å². The first-order chi connectivity index (χ1) is 6.59. The van der Waals surface area contributed by atoms with Crippen molar-refractivity contribution in [3.8, 4) is 0 Å². The van der Waals surface area contributed by atoms with Gasteiger partial charge in [-0.1, -0.05) is 0 Å². The minimum atomic E-state index is -0.496. The van der Waals surface area contributed by atoms with Crippen LogP contribution in [0.2, 0.25) is 0 Å². The first-order valence-corrected chi connectivity index (χ1v) is 4.45. The highest BCUT2D eigenvalue weighted by Gasteiger charge is 2.10. The van der Waals surface area contributed by atoms with Gasteiger partial charge in [0.15, 0.2) is 5.69 Å². The van der Waals surface area contributed by atoms with Crippen molar-refractivity contribution in [2.75, 3.05) is 0 Å². The molecular formula is C9H12N4O. The van der Waals surface area contributed by atoms with Crippen LogP contribution < -0.4 is 5.73 Å². The molecule has 2 rings (SSSR count). The topological polar surface area (TPSA) is 65.3 Å². The van der Waals surface area contributed by atoms with Gasteiger partial charge in [0.05, 0.1) is 0 Å². The van der Waals surface area contributed by atoms with E-state index >= 15 is 0 Å². The maximum atomic E-state index is 10.9. The van der Waals surface area contributed by atoms with Gasteiger partial charge in [-0.05, 0) is 13.8 Å². The fraction of sp³-hybridized carbons (Fsp3) is 0.333. The van der Waals surface area contributed by atoms with Crippen LogP contribution in [0.15, 0.2) is 18.5 Å². The Morgan fingerprint density at radius 3 is 2.79 bits per heavy atom. The lowest BCUT2D eigenvalue weighted by atomic mass is 10.3. The van der Waals surface area contributed by atoms with Crippen molar-refractivity contribution in [1.82, 2.24) is 14.2 Å². The molecule has 0 aromatic carbocycles. The number of nitrogens with two attached hydrogens (primary N) is 1. The van der Waals surface area contributed by atoms with Gasteiger partial charge in [-0.2, -0.15) is 5.10 Å². The lowest BCUT2D eigenvalue weighted by Gasteiger charge is -2.05. The van der Waals surface area contributed by atoms with Gasteiger partial charge in [0.25, 0.3) is 5.91 Å². The zero-order valence-electron chi connectivity index (χ0n) is 8.14. The molecule has 5 heteroatoms. The number of hydrogen-bond acceptors (Lipinski definition) is 2. The molecule has 2 aromatic rings. The van der Waals surface area contributed by atoms with E-state index in [0.29, 0.717) is 11.7 Å². The zero-order valence-corrected chi connectivity index (χ0v) is 8.14. The lowest BCUT2D eigenvalue weighted by molar-refractivity contribution is 0.0995. The molecule has 5 nitrogen and oxygen atoms in total. The fourth-order valence-corrected chi connectivity index (χ4v) is 1.46. The van der Waals surface area contributed by atoms with Crippen LogP contribution in [0.5, 0.6) is 0 Å². The van der Waals surface area contributed by atoms with Crippen molar-refractivity contribution in [1.29, 1.82) is 0 Å². The summed E-state index contributed by atoms with van der Waals surface area (Å²) in [6, 6.07) is 2.03. The Hall–Kier alpha value is -1.78. The Balaban J connectivity index is 2.61. The molecule has 14 heavy (non-hydrogen) atoms. The molecule has 0 saturated carbocycles. The summed E-state index contributed by atoms with van der Waals surface area (Å²) in [5, 5.41) is 4.04. The van der Waals surface area contributed by atoms with Crippen LogP contribution >= 0.6 is 0 Å². The molecular weight excluding hydrogens is 180 g/mol. The van der Waals surface area contributed by atoms with Crippen molar-refractivity contribution in [2.24, 2.45) is 5.73 Å². The number of aromatic nitrogens is 3. The quantitative estimate of drug-likeness (QED) is 0.765. The average molecular weight is 192 g/mol. The molecule has 0 aliphatic carbocycles. The molecule has 2 aromatic heterocycles. The summed E-state index contributed by atoms with van der Waals surface area (Å²) in [4.78, 5) is 10.9. The van der Waals surface area contributed by atoms with E-state index in [4.69, 9.17) is 5.73 Å². The molecule has 0 spiro atoms. The van der Waals surface area contributed by atoms with E-state index in [-0.39, 0.29) is 0 Å². The summed E-state index contributed by atoms with van der Waals surface area (Å²) < 4.78 is 3.68. The molecule has 0 radical (unpaired) electrons. The second-order valence-corrected chi connectivity index (χ2v) is 3.50.